The van der Waals surface area contributed by atoms with E-state index < -0.39 is 0 Å². The van der Waals surface area contributed by atoms with Gasteiger partial charge in [0.2, 0.25) is 0 Å². The number of aryl methyl sites for hydroxylation is 2. The summed E-state index contributed by atoms with van der Waals surface area (Å²) in [4.78, 5) is 21.5. The second-order valence-corrected chi connectivity index (χ2v) is 5.97. The van der Waals surface area contributed by atoms with Gasteiger partial charge in [-0.1, -0.05) is 6.07 Å². The van der Waals surface area contributed by atoms with Gasteiger partial charge in [0, 0.05) is 12.1 Å². The molecule has 0 spiro atoms. The molecule has 2 aromatic carbocycles. The third-order valence-electron chi connectivity index (χ3n) is 4.24. The van der Waals surface area contributed by atoms with Gasteiger partial charge in [0.15, 0.2) is 11.5 Å². The smallest absolute Gasteiger partial charge is 0.251 e. The molecular formula is C20H21N3O3. The zero-order valence-corrected chi connectivity index (χ0v) is 15.3. The van der Waals surface area contributed by atoms with Crippen molar-refractivity contribution in [1.29, 1.82) is 0 Å². The number of rotatable bonds is 5. The second kappa shape index (κ2) is 7.39. The Kier molecular flexibility index (Phi) is 5.02. The largest absolute Gasteiger partial charge is 0.493 e. The number of hydrogen-bond acceptors (Lipinski definition) is 5. The van der Waals surface area contributed by atoms with E-state index in [0.29, 0.717) is 29.1 Å². The molecule has 0 unspecified atom stereocenters. The summed E-state index contributed by atoms with van der Waals surface area (Å²) in [7, 11) is 3.17. The molecule has 0 saturated carbocycles. The Labute approximate surface area is 152 Å². The lowest BCUT2D eigenvalue weighted by molar-refractivity contribution is 0.0951. The molecule has 0 bridgehead atoms. The van der Waals surface area contributed by atoms with E-state index in [0.717, 1.165) is 22.5 Å². The van der Waals surface area contributed by atoms with Crippen LogP contribution in [0.25, 0.3) is 11.0 Å². The summed E-state index contributed by atoms with van der Waals surface area (Å²) in [6, 6.07) is 10.9. The van der Waals surface area contributed by atoms with E-state index in [4.69, 9.17) is 9.47 Å². The normalized spacial score (nSPS) is 10.6. The van der Waals surface area contributed by atoms with Crippen molar-refractivity contribution < 1.29 is 14.3 Å². The van der Waals surface area contributed by atoms with Crippen LogP contribution in [-0.2, 0) is 6.54 Å². The number of carbonyl (C=O) groups excluding carboxylic acids is 1. The Morgan fingerprint density at radius 2 is 1.62 bits per heavy atom. The Hall–Kier alpha value is -3.15. The molecule has 1 aromatic heterocycles. The van der Waals surface area contributed by atoms with Crippen molar-refractivity contribution in [3.8, 4) is 11.5 Å². The first-order valence-corrected chi connectivity index (χ1v) is 8.26. The van der Waals surface area contributed by atoms with Crippen molar-refractivity contribution in [2.75, 3.05) is 14.2 Å². The van der Waals surface area contributed by atoms with Gasteiger partial charge >= 0.3 is 0 Å². The van der Waals surface area contributed by atoms with Crippen molar-refractivity contribution in [1.82, 2.24) is 15.3 Å². The van der Waals surface area contributed by atoms with Gasteiger partial charge in [-0.25, -0.2) is 9.97 Å². The average Bonchev–Trinajstić information content (AvgIpc) is 2.66. The topological polar surface area (TPSA) is 73.3 Å². The first-order valence-electron chi connectivity index (χ1n) is 8.26. The van der Waals surface area contributed by atoms with Crippen LogP contribution >= 0.6 is 0 Å². The number of ether oxygens (including phenoxy) is 2. The fourth-order valence-electron chi connectivity index (χ4n) is 2.65. The molecule has 0 aliphatic rings. The number of fused-ring (bicyclic) bond motifs is 1. The summed E-state index contributed by atoms with van der Waals surface area (Å²) in [5, 5.41) is 2.91. The number of aromatic nitrogens is 2. The van der Waals surface area contributed by atoms with Crippen LogP contribution < -0.4 is 14.8 Å². The van der Waals surface area contributed by atoms with Crippen molar-refractivity contribution in [3.05, 3.63) is 58.9 Å². The first-order chi connectivity index (χ1) is 12.5. The molecule has 0 fully saturated rings. The monoisotopic (exact) mass is 351 g/mol. The minimum atomic E-state index is -0.165. The number of amides is 1. The maximum absolute atomic E-state index is 12.5. The molecule has 6 nitrogen and oxygen atoms in total. The minimum absolute atomic E-state index is 0.165. The van der Waals surface area contributed by atoms with Crippen LogP contribution in [0.1, 0.15) is 27.3 Å². The third kappa shape index (κ3) is 3.59. The summed E-state index contributed by atoms with van der Waals surface area (Å²) in [5.74, 6) is 1.12. The van der Waals surface area contributed by atoms with Gasteiger partial charge in [-0.05, 0) is 49.7 Å². The molecule has 0 atom stereocenters. The van der Waals surface area contributed by atoms with Crippen molar-refractivity contribution in [2.45, 2.75) is 20.4 Å². The Morgan fingerprint density at radius 3 is 2.31 bits per heavy atom. The molecule has 0 aliphatic heterocycles. The Morgan fingerprint density at radius 1 is 0.923 bits per heavy atom. The maximum atomic E-state index is 12.5. The van der Waals surface area contributed by atoms with E-state index in [1.807, 2.05) is 38.1 Å². The third-order valence-corrected chi connectivity index (χ3v) is 4.24. The summed E-state index contributed by atoms with van der Waals surface area (Å²) < 4.78 is 10.5. The fraction of sp³-hybridized carbons (Fsp3) is 0.250. The van der Waals surface area contributed by atoms with Gasteiger partial charge in [-0.3, -0.25) is 4.79 Å². The zero-order chi connectivity index (χ0) is 18.7. The highest BCUT2D eigenvalue weighted by Crippen LogP contribution is 2.27. The van der Waals surface area contributed by atoms with E-state index in [-0.39, 0.29) is 5.91 Å². The predicted octanol–water partition coefficient (Wildman–Crippen LogP) is 3.19. The first kappa shape index (κ1) is 17.7. The number of carbonyl (C=O) groups is 1. The van der Waals surface area contributed by atoms with Gasteiger partial charge in [-0.2, -0.15) is 0 Å². The van der Waals surface area contributed by atoms with Gasteiger partial charge in [0.05, 0.1) is 36.6 Å². The SMILES string of the molecule is COc1ccc(CNC(=O)c2ccc3nc(C)c(C)nc3c2)cc1OC. The van der Waals surface area contributed by atoms with Crippen molar-refractivity contribution >= 4 is 16.9 Å². The fourth-order valence-corrected chi connectivity index (χ4v) is 2.65. The van der Waals surface area contributed by atoms with Crippen LogP contribution in [0.4, 0.5) is 0 Å². The minimum Gasteiger partial charge on any atom is -0.493 e. The van der Waals surface area contributed by atoms with Gasteiger partial charge in [0.25, 0.3) is 5.91 Å². The summed E-state index contributed by atoms with van der Waals surface area (Å²) in [6.45, 7) is 4.22. The average molecular weight is 351 g/mol. The van der Waals surface area contributed by atoms with E-state index in [2.05, 4.69) is 15.3 Å². The molecule has 134 valence electrons. The number of benzene rings is 2. The summed E-state index contributed by atoms with van der Waals surface area (Å²) in [6.07, 6.45) is 0. The number of methoxy groups -OCH3 is 2. The molecule has 26 heavy (non-hydrogen) atoms. The zero-order valence-electron chi connectivity index (χ0n) is 15.3. The number of nitrogens with zero attached hydrogens (tertiary/aromatic N) is 2. The summed E-state index contributed by atoms with van der Waals surface area (Å²) >= 11 is 0. The van der Waals surface area contributed by atoms with E-state index in [1.54, 1.807) is 26.4 Å². The van der Waals surface area contributed by atoms with E-state index >= 15 is 0 Å². The molecule has 3 aromatic rings. The number of nitrogens with one attached hydrogen (secondary N) is 1. The lowest BCUT2D eigenvalue weighted by atomic mass is 10.1. The van der Waals surface area contributed by atoms with Crippen LogP contribution in [-0.4, -0.2) is 30.1 Å². The molecule has 0 aliphatic carbocycles. The molecule has 1 amide bonds. The molecular weight excluding hydrogens is 330 g/mol. The number of hydrogen-bond donors (Lipinski definition) is 1. The lowest BCUT2D eigenvalue weighted by Gasteiger charge is -2.11. The van der Waals surface area contributed by atoms with Crippen LogP contribution in [0, 0.1) is 13.8 Å². The van der Waals surface area contributed by atoms with Crippen LogP contribution in [0.3, 0.4) is 0 Å². The highest BCUT2D eigenvalue weighted by atomic mass is 16.5. The van der Waals surface area contributed by atoms with Gasteiger partial charge in [0.1, 0.15) is 0 Å². The molecule has 6 heteroatoms. The van der Waals surface area contributed by atoms with Crippen molar-refractivity contribution in [2.24, 2.45) is 0 Å². The van der Waals surface area contributed by atoms with Crippen LogP contribution in [0.15, 0.2) is 36.4 Å². The lowest BCUT2D eigenvalue weighted by Crippen LogP contribution is -2.22. The molecule has 3 rings (SSSR count). The highest BCUT2D eigenvalue weighted by molar-refractivity contribution is 5.97. The van der Waals surface area contributed by atoms with Gasteiger partial charge in [-0.15, -0.1) is 0 Å². The van der Waals surface area contributed by atoms with Gasteiger partial charge < -0.3 is 14.8 Å². The van der Waals surface area contributed by atoms with Crippen molar-refractivity contribution in [3.63, 3.8) is 0 Å². The van der Waals surface area contributed by atoms with E-state index in [1.165, 1.54) is 0 Å². The van der Waals surface area contributed by atoms with E-state index in [9.17, 15) is 4.79 Å². The Balaban J connectivity index is 1.76. The molecule has 1 N–H and O–H groups in total. The standard InChI is InChI=1S/C20H21N3O3/c1-12-13(2)23-17-10-15(6-7-16(17)22-12)20(24)21-11-14-5-8-18(25-3)19(9-14)26-4/h5-10H,11H2,1-4H3,(H,21,24). The van der Waals surface area contributed by atoms with Crippen LogP contribution in [0.2, 0.25) is 0 Å². The molecule has 1 heterocycles. The molecule has 0 radical (unpaired) electrons. The summed E-state index contributed by atoms with van der Waals surface area (Å²) in [5.41, 5.74) is 4.72. The van der Waals surface area contributed by atoms with Crippen LogP contribution in [0.5, 0.6) is 11.5 Å². The highest BCUT2D eigenvalue weighted by Gasteiger charge is 2.10. The maximum Gasteiger partial charge on any atom is 0.251 e. The quantitative estimate of drug-likeness (QED) is 0.764. The predicted molar refractivity (Wildman–Crippen MR) is 99.7 cm³/mol. The Bertz CT molecular complexity index is 970. The second-order valence-electron chi connectivity index (χ2n) is 5.97. The molecule has 0 saturated heterocycles.